The number of fused-ring (bicyclic) bond motifs is 1. The van der Waals surface area contributed by atoms with E-state index in [9.17, 15) is 14.0 Å². The highest BCUT2D eigenvalue weighted by Crippen LogP contribution is 2.45. The molecule has 1 aliphatic heterocycles. The highest BCUT2D eigenvalue weighted by molar-refractivity contribution is 6.08. The van der Waals surface area contributed by atoms with Gasteiger partial charge in [0.1, 0.15) is 47.9 Å². The fraction of sp³-hybridized carbons (Fsp3) is 0.394. The van der Waals surface area contributed by atoms with E-state index in [4.69, 9.17) is 18.9 Å². The lowest BCUT2D eigenvalue weighted by Gasteiger charge is -2.39. The Labute approximate surface area is 252 Å². The number of aryl methyl sites for hydroxylation is 1. The lowest BCUT2D eigenvalue weighted by Crippen LogP contribution is -2.52. The number of hydrogen-bond donors (Lipinski definition) is 1. The maximum atomic E-state index is 14.1. The van der Waals surface area contributed by atoms with Crippen LogP contribution in [0.25, 0.3) is 11.1 Å². The Morgan fingerprint density at radius 3 is 2.47 bits per heavy atom. The molecule has 1 aliphatic rings. The van der Waals surface area contributed by atoms with Crippen LogP contribution in [0.2, 0.25) is 0 Å². The molecule has 0 fully saturated rings. The fourth-order valence-electron chi connectivity index (χ4n) is 5.06. The van der Waals surface area contributed by atoms with Gasteiger partial charge in [-0.1, -0.05) is 12.1 Å². The number of amides is 1. The van der Waals surface area contributed by atoms with Gasteiger partial charge in [-0.05, 0) is 77.2 Å². The summed E-state index contributed by atoms with van der Waals surface area (Å²) in [7, 11) is 6.90. The Morgan fingerprint density at radius 1 is 1.05 bits per heavy atom. The summed E-state index contributed by atoms with van der Waals surface area (Å²) in [5.41, 5.74) is 3.71. The summed E-state index contributed by atoms with van der Waals surface area (Å²) in [4.78, 5) is 28.6. The zero-order valence-corrected chi connectivity index (χ0v) is 26.0. The number of nitrogens with one attached hydrogen (secondary N) is 1. The van der Waals surface area contributed by atoms with E-state index in [0.29, 0.717) is 22.9 Å². The van der Waals surface area contributed by atoms with Gasteiger partial charge >= 0.3 is 5.97 Å². The standard InChI is InChI=1S/C33H40FN3O6/c1-20-9-10-22(34)15-28(20)42-19-26-24(13-14-27-31(26)37(7)32(39)33(3,4)35-27)25-12-11-23(16-29(25)40-8)41-18-21(2)43-30(38)17-36(5)6/h9-16,21,35H,17-19H2,1-8H3. The largest absolute Gasteiger partial charge is 0.496 e. The summed E-state index contributed by atoms with van der Waals surface area (Å²) < 4.78 is 37.3. The van der Waals surface area contributed by atoms with E-state index in [0.717, 1.165) is 27.9 Å². The van der Waals surface area contributed by atoms with Gasteiger partial charge < -0.3 is 29.2 Å². The molecule has 1 atom stereocenters. The van der Waals surface area contributed by atoms with Crippen LogP contribution in [0.1, 0.15) is 31.9 Å². The van der Waals surface area contributed by atoms with Crippen LogP contribution < -0.4 is 24.4 Å². The van der Waals surface area contributed by atoms with Crippen molar-refractivity contribution in [3.05, 3.63) is 65.5 Å². The van der Waals surface area contributed by atoms with E-state index in [1.807, 2.05) is 45.0 Å². The lowest BCUT2D eigenvalue weighted by molar-refractivity contribution is -0.150. The maximum absolute atomic E-state index is 14.1. The molecule has 0 aliphatic carbocycles. The van der Waals surface area contributed by atoms with Gasteiger partial charge in [0.15, 0.2) is 0 Å². The van der Waals surface area contributed by atoms with Crippen molar-refractivity contribution in [3.8, 4) is 28.4 Å². The molecule has 43 heavy (non-hydrogen) atoms. The fourth-order valence-corrected chi connectivity index (χ4v) is 5.06. The van der Waals surface area contributed by atoms with Gasteiger partial charge in [-0.2, -0.15) is 0 Å². The highest BCUT2D eigenvalue weighted by Gasteiger charge is 2.38. The number of methoxy groups -OCH3 is 1. The molecule has 3 aromatic rings. The van der Waals surface area contributed by atoms with Crippen LogP contribution in [-0.2, 0) is 20.9 Å². The van der Waals surface area contributed by atoms with Crippen molar-refractivity contribution in [3.63, 3.8) is 0 Å². The van der Waals surface area contributed by atoms with Gasteiger partial charge in [0, 0.05) is 30.3 Å². The minimum absolute atomic E-state index is 0.0692. The molecule has 1 amide bonds. The van der Waals surface area contributed by atoms with Crippen LogP contribution in [0.15, 0.2) is 48.5 Å². The van der Waals surface area contributed by atoms with Crippen molar-refractivity contribution in [2.24, 2.45) is 0 Å². The molecule has 0 saturated heterocycles. The zero-order valence-electron chi connectivity index (χ0n) is 26.0. The predicted octanol–water partition coefficient (Wildman–Crippen LogP) is 5.43. The first-order valence-electron chi connectivity index (χ1n) is 14.1. The molecule has 10 heteroatoms. The lowest BCUT2D eigenvalue weighted by atomic mass is 9.91. The van der Waals surface area contributed by atoms with Gasteiger partial charge in [0.25, 0.3) is 5.91 Å². The summed E-state index contributed by atoms with van der Waals surface area (Å²) in [5.74, 6) is 0.666. The summed E-state index contributed by atoms with van der Waals surface area (Å²) in [6, 6.07) is 13.7. The average Bonchev–Trinajstić information content (AvgIpc) is 2.94. The number of carbonyl (C=O) groups excluding carboxylic acids is 2. The van der Waals surface area contributed by atoms with Crippen LogP contribution in [0.4, 0.5) is 15.8 Å². The number of esters is 1. The Kier molecular flexibility index (Phi) is 9.49. The molecule has 0 bridgehead atoms. The third kappa shape index (κ3) is 7.19. The monoisotopic (exact) mass is 593 g/mol. The number of nitrogens with zero attached hydrogens (tertiary/aromatic N) is 2. The molecule has 1 heterocycles. The summed E-state index contributed by atoms with van der Waals surface area (Å²) >= 11 is 0. The Bertz CT molecular complexity index is 1510. The summed E-state index contributed by atoms with van der Waals surface area (Å²) in [6.07, 6.45) is -0.446. The topological polar surface area (TPSA) is 89.6 Å². The highest BCUT2D eigenvalue weighted by atomic mass is 19.1. The van der Waals surface area contributed by atoms with Crippen LogP contribution in [0.5, 0.6) is 17.2 Å². The second-order valence-corrected chi connectivity index (χ2v) is 11.5. The van der Waals surface area contributed by atoms with Gasteiger partial charge in [-0.25, -0.2) is 4.39 Å². The second kappa shape index (κ2) is 12.9. The first-order chi connectivity index (χ1) is 20.3. The molecule has 1 N–H and O–H groups in total. The van der Waals surface area contributed by atoms with Gasteiger partial charge in [-0.3, -0.25) is 14.5 Å². The first kappa shape index (κ1) is 31.6. The van der Waals surface area contributed by atoms with Gasteiger partial charge in [0.2, 0.25) is 0 Å². The van der Waals surface area contributed by atoms with E-state index in [-0.39, 0.29) is 31.6 Å². The van der Waals surface area contributed by atoms with Gasteiger partial charge in [0.05, 0.1) is 25.0 Å². The average molecular weight is 594 g/mol. The molecule has 9 nitrogen and oxygen atoms in total. The quantitative estimate of drug-likeness (QED) is 0.295. The molecule has 1 unspecified atom stereocenters. The minimum Gasteiger partial charge on any atom is -0.496 e. The van der Waals surface area contributed by atoms with E-state index in [2.05, 4.69) is 5.32 Å². The molecule has 230 valence electrons. The maximum Gasteiger partial charge on any atom is 0.320 e. The number of halogens is 1. The van der Waals surface area contributed by atoms with Gasteiger partial charge in [-0.15, -0.1) is 0 Å². The normalized spacial score (nSPS) is 14.6. The molecule has 4 rings (SSSR count). The van der Waals surface area contributed by atoms with E-state index in [1.54, 1.807) is 57.1 Å². The predicted molar refractivity (Wildman–Crippen MR) is 165 cm³/mol. The third-order valence-electron chi connectivity index (χ3n) is 7.15. The number of ether oxygens (including phenoxy) is 4. The van der Waals surface area contributed by atoms with Crippen molar-refractivity contribution in [1.82, 2.24) is 4.90 Å². The van der Waals surface area contributed by atoms with E-state index >= 15 is 0 Å². The Hall–Kier alpha value is -4.31. The number of benzene rings is 3. The van der Waals surface area contributed by atoms with E-state index in [1.165, 1.54) is 12.1 Å². The van der Waals surface area contributed by atoms with Crippen molar-refractivity contribution >= 4 is 23.3 Å². The minimum atomic E-state index is -0.796. The molecule has 0 aromatic heterocycles. The van der Waals surface area contributed by atoms with Crippen LogP contribution in [-0.4, -0.2) is 69.8 Å². The SMILES string of the molecule is COc1cc(OCC(C)OC(=O)CN(C)C)ccc1-c1ccc2c(c1COc1cc(F)ccc1C)N(C)C(=O)C(C)(C)N2. The summed E-state index contributed by atoms with van der Waals surface area (Å²) in [6.45, 7) is 7.71. The summed E-state index contributed by atoms with van der Waals surface area (Å²) in [5, 5.41) is 3.35. The van der Waals surface area contributed by atoms with Crippen molar-refractivity contribution in [1.29, 1.82) is 0 Å². The molecular formula is C33H40FN3O6. The van der Waals surface area contributed by atoms with Crippen molar-refractivity contribution < 1.29 is 32.9 Å². The molecule has 0 saturated carbocycles. The molecule has 0 radical (unpaired) electrons. The molecule has 0 spiro atoms. The molecular weight excluding hydrogens is 553 g/mol. The first-order valence-corrected chi connectivity index (χ1v) is 14.1. The second-order valence-electron chi connectivity index (χ2n) is 11.5. The number of hydrogen-bond acceptors (Lipinski definition) is 8. The van der Waals surface area contributed by atoms with Crippen LogP contribution in [0, 0.1) is 12.7 Å². The number of likely N-dealkylation sites (N-methyl/N-ethyl adjacent to an activating group) is 2. The number of rotatable bonds is 11. The molecule has 3 aromatic carbocycles. The Morgan fingerprint density at radius 2 is 1.77 bits per heavy atom. The van der Waals surface area contributed by atoms with Crippen molar-refractivity contribution in [2.75, 3.05) is 51.6 Å². The zero-order chi connectivity index (χ0) is 31.5. The van der Waals surface area contributed by atoms with E-state index < -0.39 is 17.5 Å². The van der Waals surface area contributed by atoms with Crippen molar-refractivity contribution in [2.45, 2.75) is 45.9 Å². The number of carbonyl (C=O) groups is 2. The Balaban J connectivity index is 1.69. The van der Waals surface area contributed by atoms with Crippen LogP contribution in [0.3, 0.4) is 0 Å². The number of anilines is 2. The third-order valence-corrected chi connectivity index (χ3v) is 7.15. The smallest absolute Gasteiger partial charge is 0.320 e. The van der Waals surface area contributed by atoms with Crippen LogP contribution >= 0.6 is 0 Å².